The van der Waals surface area contributed by atoms with Crippen LogP contribution in [-0.4, -0.2) is 48.8 Å². The Morgan fingerprint density at radius 2 is 1.87 bits per heavy atom. The van der Waals surface area contributed by atoms with Crippen LogP contribution in [0.1, 0.15) is 46.0 Å². The summed E-state index contributed by atoms with van der Waals surface area (Å²) in [6.07, 6.45) is 2.04. The Balaban J connectivity index is 1.80. The van der Waals surface area contributed by atoms with E-state index in [4.69, 9.17) is 0 Å². The lowest BCUT2D eigenvalue weighted by Gasteiger charge is -2.33. The van der Waals surface area contributed by atoms with E-state index in [-0.39, 0.29) is 24.0 Å². The van der Waals surface area contributed by atoms with Gasteiger partial charge in [-0.1, -0.05) is 19.1 Å². The summed E-state index contributed by atoms with van der Waals surface area (Å²) in [4.78, 5) is 39.6. The molecule has 1 N–H and O–H groups in total. The molecule has 0 unspecified atom stereocenters. The summed E-state index contributed by atoms with van der Waals surface area (Å²) in [5.41, 5.74) is 2.21. The van der Waals surface area contributed by atoms with Crippen molar-refractivity contribution in [1.82, 2.24) is 10.2 Å². The number of nitrogens with one attached hydrogen (secondary N) is 1. The van der Waals surface area contributed by atoms with Crippen molar-refractivity contribution >= 4 is 23.2 Å². The van der Waals surface area contributed by atoms with Crippen LogP contribution in [-0.2, 0) is 6.54 Å². The largest absolute Gasteiger partial charge is 0.371 e. The minimum absolute atomic E-state index is 0.113. The second kappa shape index (κ2) is 9.59. The lowest BCUT2D eigenvalue weighted by Crippen LogP contribution is -2.35. The Morgan fingerprint density at radius 3 is 2.52 bits per heavy atom. The van der Waals surface area contributed by atoms with Crippen LogP contribution in [0.15, 0.2) is 42.5 Å². The number of amides is 2. The van der Waals surface area contributed by atoms with Gasteiger partial charge in [-0.3, -0.25) is 19.7 Å². The molecule has 8 nitrogen and oxygen atoms in total. The maximum Gasteiger partial charge on any atom is 0.270 e. The van der Waals surface area contributed by atoms with Gasteiger partial charge < -0.3 is 15.1 Å². The smallest absolute Gasteiger partial charge is 0.270 e. The van der Waals surface area contributed by atoms with Crippen molar-refractivity contribution in [3.8, 4) is 0 Å². The lowest BCUT2D eigenvalue weighted by molar-refractivity contribution is -0.384. The first-order chi connectivity index (χ1) is 14.8. The number of carbonyl (C=O) groups excluding carboxylic acids is 2. The average molecular weight is 425 g/mol. The summed E-state index contributed by atoms with van der Waals surface area (Å²) < 4.78 is 0. The van der Waals surface area contributed by atoms with E-state index in [0.29, 0.717) is 22.7 Å². The summed E-state index contributed by atoms with van der Waals surface area (Å²) in [6.45, 7) is 4.05. The molecule has 2 amide bonds. The van der Waals surface area contributed by atoms with Crippen molar-refractivity contribution in [3.63, 3.8) is 0 Å². The highest BCUT2D eigenvalue weighted by Crippen LogP contribution is 2.29. The van der Waals surface area contributed by atoms with Gasteiger partial charge in [-0.05, 0) is 42.5 Å². The van der Waals surface area contributed by atoms with E-state index in [1.165, 1.54) is 17.0 Å². The molecule has 164 valence electrons. The molecule has 0 atom stereocenters. The van der Waals surface area contributed by atoms with E-state index in [1.807, 2.05) is 6.07 Å². The number of nitro benzene ring substituents is 1. The quantitative estimate of drug-likeness (QED) is 0.566. The number of hydrogen-bond acceptors (Lipinski definition) is 5. The van der Waals surface area contributed by atoms with Crippen LogP contribution in [0.25, 0.3) is 0 Å². The van der Waals surface area contributed by atoms with Crippen LogP contribution < -0.4 is 10.2 Å². The highest BCUT2D eigenvalue weighted by Gasteiger charge is 2.23. The van der Waals surface area contributed by atoms with Gasteiger partial charge in [0.1, 0.15) is 0 Å². The predicted octanol–water partition coefficient (Wildman–Crippen LogP) is 3.46. The topological polar surface area (TPSA) is 95.8 Å². The first-order valence-corrected chi connectivity index (χ1v) is 10.4. The summed E-state index contributed by atoms with van der Waals surface area (Å²) in [5.74, 6) is 0.138. The zero-order valence-corrected chi connectivity index (χ0v) is 18.1. The van der Waals surface area contributed by atoms with Gasteiger partial charge >= 0.3 is 0 Å². The van der Waals surface area contributed by atoms with Crippen molar-refractivity contribution in [2.45, 2.75) is 26.3 Å². The Hall–Kier alpha value is -3.42. The fourth-order valence-corrected chi connectivity index (χ4v) is 3.69. The van der Waals surface area contributed by atoms with E-state index in [9.17, 15) is 19.7 Å². The lowest BCUT2D eigenvalue weighted by atomic mass is 9.98. The third-order valence-corrected chi connectivity index (χ3v) is 5.59. The minimum atomic E-state index is -0.491. The van der Waals surface area contributed by atoms with Crippen LogP contribution in [0.3, 0.4) is 0 Å². The van der Waals surface area contributed by atoms with Crippen molar-refractivity contribution < 1.29 is 14.5 Å². The number of piperidine rings is 1. The van der Waals surface area contributed by atoms with Crippen molar-refractivity contribution in [3.05, 3.63) is 69.3 Å². The minimum Gasteiger partial charge on any atom is -0.371 e. The molecule has 2 aromatic carbocycles. The number of non-ortho nitro benzene ring substituents is 1. The van der Waals surface area contributed by atoms with Gasteiger partial charge in [0.2, 0.25) is 0 Å². The van der Waals surface area contributed by atoms with Crippen molar-refractivity contribution in [1.29, 1.82) is 0 Å². The molecule has 0 aromatic heterocycles. The normalized spacial score (nSPS) is 14.2. The number of carbonyl (C=O) groups is 2. The first-order valence-electron chi connectivity index (χ1n) is 10.4. The zero-order chi connectivity index (χ0) is 22.5. The van der Waals surface area contributed by atoms with Gasteiger partial charge in [0, 0.05) is 51.4 Å². The maximum absolute atomic E-state index is 13.0. The monoisotopic (exact) mass is 424 g/mol. The van der Waals surface area contributed by atoms with Crippen molar-refractivity contribution in [2.75, 3.05) is 32.1 Å². The van der Waals surface area contributed by atoms with E-state index in [0.717, 1.165) is 31.5 Å². The number of hydrogen-bond donors (Lipinski definition) is 1. The highest BCUT2D eigenvalue weighted by molar-refractivity contribution is 6.00. The van der Waals surface area contributed by atoms with Crippen LogP contribution in [0.4, 0.5) is 11.4 Å². The molecule has 1 saturated heterocycles. The number of rotatable bonds is 6. The Labute approximate surface area is 182 Å². The Kier molecular flexibility index (Phi) is 6.89. The molecule has 0 bridgehead atoms. The number of anilines is 1. The molecule has 0 spiro atoms. The Morgan fingerprint density at radius 1 is 1.16 bits per heavy atom. The first kappa shape index (κ1) is 22.3. The summed E-state index contributed by atoms with van der Waals surface area (Å²) in [6, 6.07) is 11.5. The number of benzene rings is 2. The molecule has 3 rings (SSSR count). The summed E-state index contributed by atoms with van der Waals surface area (Å²) in [7, 11) is 3.37. The van der Waals surface area contributed by atoms with Gasteiger partial charge in [0.05, 0.1) is 16.2 Å². The van der Waals surface area contributed by atoms with E-state index >= 15 is 0 Å². The highest BCUT2D eigenvalue weighted by atomic mass is 16.6. The molecule has 0 aliphatic carbocycles. The molecule has 31 heavy (non-hydrogen) atoms. The molecule has 1 aliphatic rings. The SMILES string of the molecule is CC1CCN(c2ccc([N+](=O)[O-])cc2C(=O)NCc2cccc(C(=O)N(C)C)c2)CC1. The second-order valence-corrected chi connectivity index (χ2v) is 8.21. The van der Waals surface area contributed by atoms with Crippen LogP contribution in [0.5, 0.6) is 0 Å². The molecule has 2 aromatic rings. The molecule has 1 heterocycles. The van der Waals surface area contributed by atoms with Gasteiger partial charge in [-0.2, -0.15) is 0 Å². The molecule has 0 saturated carbocycles. The van der Waals surface area contributed by atoms with Gasteiger partial charge in [0.15, 0.2) is 0 Å². The molecule has 8 heteroatoms. The maximum atomic E-state index is 13.0. The third kappa shape index (κ3) is 5.39. The predicted molar refractivity (Wildman–Crippen MR) is 119 cm³/mol. The van der Waals surface area contributed by atoms with Crippen LogP contribution in [0.2, 0.25) is 0 Å². The second-order valence-electron chi connectivity index (χ2n) is 8.21. The van der Waals surface area contributed by atoms with Gasteiger partial charge in [-0.25, -0.2) is 0 Å². The fourth-order valence-electron chi connectivity index (χ4n) is 3.69. The number of nitro groups is 1. The Bertz CT molecular complexity index is 981. The van der Waals surface area contributed by atoms with Crippen LogP contribution >= 0.6 is 0 Å². The molecule has 0 radical (unpaired) electrons. The van der Waals surface area contributed by atoms with E-state index < -0.39 is 4.92 Å². The van der Waals surface area contributed by atoms with Gasteiger partial charge in [-0.15, -0.1) is 0 Å². The molecular weight excluding hydrogens is 396 g/mol. The average Bonchev–Trinajstić information content (AvgIpc) is 2.77. The van der Waals surface area contributed by atoms with Crippen LogP contribution in [0, 0.1) is 16.0 Å². The third-order valence-electron chi connectivity index (χ3n) is 5.59. The summed E-state index contributed by atoms with van der Waals surface area (Å²) in [5, 5.41) is 14.1. The summed E-state index contributed by atoms with van der Waals surface area (Å²) >= 11 is 0. The number of nitrogens with zero attached hydrogens (tertiary/aromatic N) is 3. The van der Waals surface area contributed by atoms with E-state index in [2.05, 4.69) is 17.1 Å². The molecule has 1 aliphatic heterocycles. The standard InChI is InChI=1S/C23H28N4O4/c1-16-9-11-26(12-10-16)21-8-7-19(27(30)31)14-20(21)22(28)24-15-17-5-4-6-18(13-17)23(29)25(2)3/h4-8,13-14,16H,9-12,15H2,1-3H3,(H,24,28). The fraction of sp³-hybridized carbons (Fsp3) is 0.391. The van der Waals surface area contributed by atoms with Gasteiger partial charge in [0.25, 0.3) is 17.5 Å². The molecular formula is C23H28N4O4. The zero-order valence-electron chi connectivity index (χ0n) is 18.1. The molecule has 1 fully saturated rings. The van der Waals surface area contributed by atoms with Crippen molar-refractivity contribution in [2.24, 2.45) is 5.92 Å². The van der Waals surface area contributed by atoms with E-state index in [1.54, 1.807) is 38.4 Å².